The van der Waals surface area contributed by atoms with Gasteiger partial charge in [0.1, 0.15) is 11.9 Å². The van der Waals surface area contributed by atoms with Crippen LogP contribution in [0.15, 0.2) is 55.2 Å². The van der Waals surface area contributed by atoms with Gasteiger partial charge in [0.2, 0.25) is 5.88 Å². The van der Waals surface area contributed by atoms with E-state index in [-0.39, 0.29) is 12.0 Å². The molecule has 4 aromatic heterocycles. The number of rotatable bonds is 6. The van der Waals surface area contributed by atoms with Crippen LogP contribution in [0.1, 0.15) is 37.0 Å². The molecule has 1 aliphatic heterocycles. The average molecular weight is 472 g/mol. The first-order valence-corrected chi connectivity index (χ1v) is 11.9. The number of anilines is 1. The zero-order chi connectivity index (χ0) is 24.4. The van der Waals surface area contributed by atoms with E-state index in [2.05, 4.69) is 44.1 Å². The number of nitrogens with zero attached hydrogens (tertiary/aromatic N) is 6. The fourth-order valence-electron chi connectivity index (χ4n) is 4.34. The molecule has 9 heteroatoms. The van der Waals surface area contributed by atoms with Gasteiger partial charge in [-0.25, -0.2) is 0 Å². The topological polar surface area (TPSA) is 98.1 Å². The van der Waals surface area contributed by atoms with Crippen LogP contribution in [0.3, 0.4) is 0 Å². The van der Waals surface area contributed by atoms with Crippen LogP contribution in [-0.2, 0) is 7.05 Å². The Hall–Kier alpha value is -3.85. The number of likely N-dealkylation sites (tertiary alicyclic amines) is 1. The predicted molar refractivity (Wildman–Crippen MR) is 134 cm³/mol. The van der Waals surface area contributed by atoms with Crippen molar-refractivity contribution >= 4 is 22.5 Å². The van der Waals surface area contributed by atoms with E-state index in [4.69, 9.17) is 4.74 Å². The lowest BCUT2D eigenvalue weighted by Crippen LogP contribution is -2.41. The molecule has 1 aliphatic rings. The summed E-state index contributed by atoms with van der Waals surface area (Å²) in [6.07, 6.45) is 10.6. The van der Waals surface area contributed by atoms with Gasteiger partial charge >= 0.3 is 0 Å². The van der Waals surface area contributed by atoms with Crippen molar-refractivity contribution in [3.63, 3.8) is 0 Å². The first kappa shape index (κ1) is 22.9. The summed E-state index contributed by atoms with van der Waals surface area (Å²) < 4.78 is 8.16. The van der Waals surface area contributed by atoms with E-state index in [1.54, 1.807) is 41.6 Å². The van der Waals surface area contributed by atoms with E-state index in [1.165, 1.54) is 0 Å². The van der Waals surface area contributed by atoms with Crippen LogP contribution in [0, 0.1) is 0 Å². The third-order valence-corrected chi connectivity index (χ3v) is 6.35. The summed E-state index contributed by atoms with van der Waals surface area (Å²) in [5, 5.41) is 8.85. The minimum Gasteiger partial charge on any atom is -0.474 e. The van der Waals surface area contributed by atoms with Crippen LogP contribution in [0.2, 0.25) is 0 Å². The van der Waals surface area contributed by atoms with E-state index in [9.17, 15) is 4.79 Å². The van der Waals surface area contributed by atoms with Gasteiger partial charge in [-0.05, 0) is 56.3 Å². The van der Waals surface area contributed by atoms with Crippen molar-refractivity contribution in [1.29, 1.82) is 0 Å². The molecule has 0 saturated carbocycles. The highest BCUT2D eigenvalue weighted by atomic mass is 16.5. The quantitative estimate of drug-likeness (QED) is 0.455. The van der Waals surface area contributed by atoms with Crippen molar-refractivity contribution in [3.05, 3.63) is 60.8 Å². The Morgan fingerprint density at radius 2 is 1.91 bits per heavy atom. The van der Waals surface area contributed by atoms with E-state index in [1.807, 2.05) is 25.4 Å². The molecule has 1 saturated heterocycles. The molecule has 1 fully saturated rings. The van der Waals surface area contributed by atoms with Crippen LogP contribution in [0.5, 0.6) is 5.88 Å². The Balaban J connectivity index is 1.47. The fourth-order valence-corrected chi connectivity index (χ4v) is 4.34. The lowest BCUT2D eigenvalue weighted by molar-refractivity contribution is 0.0825. The second-order valence-electron chi connectivity index (χ2n) is 9.14. The third-order valence-electron chi connectivity index (χ3n) is 6.35. The minimum absolute atomic E-state index is 0.0600. The highest BCUT2D eigenvalue weighted by Gasteiger charge is 2.24. The van der Waals surface area contributed by atoms with Gasteiger partial charge in [0.05, 0.1) is 17.3 Å². The Bertz CT molecular complexity index is 1330. The Morgan fingerprint density at radius 3 is 2.60 bits per heavy atom. The number of piperidine rings is 1. The number of aromatic nitrogens is 5. The molecule has 9 nitrogen and oxygen atoms in total. The van der Waals surface area contributed by atoms with Gasteiger partial charge in [0.25, 0.3) is 5.91 Å². The number of amides is 1. The van der Waals surface area contributed by atoms with Gasteiger partial charge in [0.15, 0.2) is 0 Å². The molecule has 0 unspecified atom stereocenters. The molecule has 4 aromatic rings. The zero-order valence-electron chi connectivity index (χ0n) is 20.2. The van der Waals surface area contributed by atoms with Crippen LogP contribution < -0.4 is 10.1 Å². The summed E-state index contributed by atoms with van der Waals surface area (Å²) in [5.41, 5.74) is 2.22. The summed E-state index contributed by atoms with van der Waals surface area (Å²) in [5.74, 6) is 0.662. The van der Waals surface area contributed by atoms with Crippen LogP contribution >= 0.6 is 0 Å². The molecule has 0 aliphatic carbocycles. The standard InChI is InChI=1S/C26H29N7O2/c1-17(2)33-10-6-21(7-11-33)35-26-22-15-28-23(20-14-29-32(3)16-20)12-19(22)13-24(31-26)30-25(34)18-4-8-27-9-5-18/h4-5,8-9,12-17,21H,6-7,10-11H2,1-3H3,(H,30,31,34). The van der Waals surface area contributed by atoms with Crippen LogP contribution in [-0.4, -0.2) is 60.8 Å². The number of ether oxygens (including phenoxy) is 1. The van der Waals surface area contributed by atoms with Gasteiger partial charge in [-0.3, -0.25) is 19.4 Å². The normalized spacial score (nSPS) is 15.0. The Labute approximate surface area is 204 Å². The van der Waals surface area contributed by atoms with Crippen LogP contribution in [0.4, 0.5) is 5.82 Å². The van der Waals surface area contributed by atoms with Crippen molar-refractivity contribution in [2.45, 2.75) is 38.8 Å². The monoisotopic (exact) mass is 471 g/mol. The van der Waals surface area contributed by atoms with E-state index in [0.29, 0.717) is 23.3 Å². The van der Waals surface area contributed by atoms with Crippen molar-refractivity contribution in [2.24, 2.45) is 7.05 Å². The summed E-state index contributed by atoms with van der Waals surface area (Å²) in [4.78, 5) is 28.6. The second kappa shape index (κ2) is 9.79. The molecule has 0 atom stereocenters. The summed E-state index contributed by atoms with van der Waals surface area (Å²) in [7, 11) is 1.87. The lowest BCUT2D eigenvalue weighted by Gasteiger charge is -2.34. The molecule has 0 radical (unpaired) electrons. The molecule has 0 bridgehead atoms. The van der Waals surface area contributed by atoms with Gasteiger partial charge < -0.3 is 15.0 Å². The van der Waals surface area contributed by atoms with E-state index < -0.39 is 0 Å². The van der Waals surface area contributed by atoms with Gasteiger partial charge in [0, 0.05) is 62.1 Å². The predicted octanol–water partition coefficient (Wildman–Crippen LogP) is 3.93. The average Bonchev–Trinajstić information content (AvgIpc) is 3.31. The number of carbonyl (C=O) groups is 1. The highest BCUT2D eigenvalue weighted by Crippen LogP contribution is 2.31. The maximum atomic E-state index is 12.8. The first-order valence-electron chi connectivity index (χ1n) is 11.9. The molecule has 0 aromatic carbocycles. The van der Waals surface area contributed by atoms with Crippen molar-refractivity contribution in [2.75, 3.05) is 18.4 Å². The third kappa shape index (κ3) is 5.14. The molecule has 1 N–H and O–H groups in total. The Kier molecular flexibility index (Phi) is 6.41. The van der Waals surface area contributed by atoms with Crippen molar-refractivity contribution in [3.8, 4) is 17.1 Å². The summed E-state index contributed by atoms with van der Waals surface area (Å²) >= 11 is 0. The van der Waals surface area contributed by atoms with Gasteiger partial charge in [-0.2, -0.15) is 10.1 Å². The van der Waals surface area contributed by atoms with Crippen molar-refractivity contribution in [1.82, 2.24) is 29.6 Å². The van der Waals surface area contributed by atoms with E-state index in [0.717, 1.165) is 48.0 Å². The van der Waals surface area contributed by atoms with E-state index >= 15 is 0 Å². The summed E-state index contributed by atoms with van der Waals surface area (Å²) in [6.45, 7) is 6.41. The maximum absolute atomic E-state index is 12.8. The Morgan fingerprint density at radius 1 is 1.14 bits per heavy atom. The zero-order valence-corrected chi connectivity index (χ0v) is 20.2. The fraction of sp³-hybridized carbons (Fsp3) is 0.346. The largest absolute Gasteiger partial charge is 0.474 e. The van der Waals surface area contributed by atoms with Crippen LogP contribution in [0.25, 0.3) is 22.0 Å². The molecule has 180 valence electrons. The second-order valence-corrected chi connectivity index (χ2v) is 9.14. The number of fused-ring (bicyclic) bond motifs is 1. The van der Waals surface area contributed by atoms with Gasteiger partial charge in [-0.1, -0.05) is 0 Å². The molecule has 1 amide bonds. The summed E-state index contributed by atoms with van der Waals surface area (Å²) in [6, 6.07) is 7.69. The smallest absolute Gasteiger partial charge is 0.256 e. The number of carbonyl (C=O) groups excluding carboxylic acids is 1. The SMILES string of the molecule is CC(C)N1CCC(Oc2nc(NC(=O)c3ccncc3)cc3cc(-c4cnn(C)c4)ncc23)CC1. The molecule has 5 heterocycles. The molecule has 35 heavy (non-hydrogen) atoms. The number of pyridine rings is 3. The molecule has 0 spiro atoms. The maximum Gasteiger partial charge on any atom is 0.256 e. The highest BCUT2D eigenvalue weighted by molar-refractivity contribution is 6.04. The molecular formula is C26H29N7O2. The number of nitrogens with one attached hydrogen (secondary N) is 1. The first-order chi connectivity index (χ1) is 17.0. The molecule has 5 rings (SSSR count). The van der Waals surface area contributed by atoms with Crippen molar-refractivity contribution < 1.29 is 9.53 Å². The minimum atomic E-state index is -0.253. The number of hydrogen-bond donors (Lipinski definition) is 1. The molecular weight excluding hydrogens is 442 g/mol. The number of aryl methyl sites for hydroxylation is 1. The van der Waals surface area contributed by atoms with Gasteiger partial charge in [-0.15, -0.1) is 0 Å². The number of hydrogen-bond acceptors (Lipinski definition) is 7. The lowest BCUT2D eigenvalue weighted by atomic mass is 10.1.